The topological polar surface area (TPSA) is 80.9 Å². The molecule has 0 heterocycles. The summed E-state index contributed by atoms with van der Waals surface area (Å²) in [6.45, 7) is 0. The minimum absolute atomic E-state index is 0.125. The summed E-state index contributed by atoms with van der Waals surface area (Å²) in [5.74, 6) is 0.513. The fourth-order valence-electron chi connectivity index (χ4n) is 8.05. The number of benzene rings is 7. The van der Waals surface area contributed by atoms with Crippen molar-refractivity contribution in [3.8, 4) is 23.0 Å². The molecular weight excluding hydrogens is 641 g/mol. The Hall–Kier alpha value is -6.78. The Kier molecular flexibility index (Phi) is 7.52. The maximum absolute atomic E-state index is 10.4. The second-order valence-electron chi connectivity index (χ2n) is 13.5. The predicted octanol–water partition coefficient (Wildman–Crippen LogP) is 9.10. The van der Waals surface area contributed by atoms with Crippen LogP contribution < -0.4 is 10.4 Å². The molecule has 0 bridgehead atoms. The number of hydrogen-bond donors (Lipinski definition) is 4. The molecule has 0 aromatic heterocycles. The summed E-state index contributed by atoms with van der Waals surface area (Å²) in [6.07, 6.45) is 4.78. The van der Waals surface area contributed by atoms with Crippen LogP contribution in [0.25, 0.3) is 45.2 Å². The highest BCUT2D eigenvalue weighted by Crippen LogP contribution is 2.55. The molecule has 0 aliphatic heterocycles. The van der Waals surface area contributed by atoms with Gasteiger partial charge in [-0.05, 0) is 138 Å². The number of aromatic hydroxyl groups is 4. The number of rotatable bonds is 4. The highest BCUT2D eigenvalue weighted by molar-refractivity contribution is 6.13. The van der Waals surface area contributed by atoms with Crippen LogP contribution in [0.5, 0.6) is 23.0 Å². The molecule has 2 aliphatic rings. The van der Waals surface area contributed by atoms with E-state index >= 15 is 0 Å². The summed E-state index contributed by atoms with van der Waals surface area (Å²) in [6, 6.07) is 51.0. The first kappa shape index (κ1) is 31.2. The number of allylic oxidation sites excluding steroid dienone is 2. The Bertz CT molecular complexity index is 2400. The van der Waals surface area contributed by atoms with Gasteiger partial charge in [0, 0.05) is 11.8 Å². The Balaban J connectivity index is 1.50. The number of hydrogen-bond acceptors (Lipinski definition) is 4. The fraction of sp³-hybridized carbons (Fsp3) is 0.0417. The molecule has 52 heavy (non-hydrogen) atoms. The maximum Gasteiger partial charge on any atom is 0.115 e. The van der Waals surface area contributed by atoms with Gasteiger partial charge in [0.25, 0.3) is 0 Å². The van der Waals surface area contributed by atoms with Crippen molar-refractivity contribution in [2.45, 2.75) is 0 Å². The summed E-state index contributed by atoms with van der Waals surface area (Å²) in [5.41, 5.74) is 10.3. The van der Waals surface area contributed by atoms with E-state index in [1.807, 2.05) is 48.5 Å². The molecule has 250 valence electrons. The zero-order valence-corrected chi connectivity index (χ0v) is 28.1. The molecule has 2 aliphatic carbocycles. The number of phenolic OH excluding ortho intramolecular Hbond substituents is 4. The number of phenols is 4. The van der Waals surface area contributed by atoms with Crippen LogP contribution in [0.1, 0.15) is 33.4 Å². The van der Waals surface area contributed by atoms with Gasteiger partial charge >= 0.3 is 0 Å². The second-order valence-corrected chi connectivity index (χ2v) is 13.5. The SMILES string of the molecule is Oc1ccc(C(=C2c3cc4ccccc4cc3C(=C(c3ccc(O)cc3)c3ccc(O)cc3)C3C=c4ccccc4=CC23)c2ccc(O)cc2)cc1. The first-order valence-corrected chi connectivity index (χ1v) is 17.4. The molecule has 2 atom stereocenters. The third-order valence-corrected chi connectivity index (χ3v) is 10.4. The van der Waals surface area contributed by atoms with Crippen molar-refractivity contribution in [1.29, 1.82) is 0 Å². The predicted molar refractivity (Wildman–Crippen MR) is 210 cm³/mol. The van der Waals surface area contributed by atoms with Crippen molar-refractivity contribution in [2.75, 3.05) is 0 Å². The average molecular weight is 675 g/mol. The van der Waals surface area contributed by atoms with E-state index in [1.165, 1.54) is 0 Å². The van der Waals surface area contributed by atoms with Crippen LogP contribution in [0.2, 0.25) is 0 Å². The largest absolute Gasteiger partial charge is 0.508 e. The van der Waals surface area contributed by atoms with Crippen LogP contribution in [-0.2, 0) is 0 Å². The van der Waals surface area contributed by atoms with E-state index in [-0.39, 0.29) is 34.8 Å². The van der Waals surface area contributed by atoms with E-state index in [0.717, 1.165) is 76.9 Å². The van der Waals surface area contributed by atoms with Gasteiger partial charge in [0.05, 0.1) is 0 Å². The Labute approximate surface area is 301 Å². The summed E-state index contributed by atoms with van der Waals surface area (Å²) in [5, 5.41) is 46.0. The molecular formula is C48H34O4. The normalized spacial score (nSPS) is 15.8. The van der Waals surface area contributed by atoms with Crippen LogP contribution in [-0.4, -0.2) is 20.4 Å². The summed E-state index contributed by atoms with van der Waals surface area (Å²) < 4.78 is 0. The Morgan fingerprint density at radius 3 is 0.942 bits per heavy atom. The molecule has 9 rings (SSSR count). The standard InChI is InChI=1S/C48H34O4/c49-37-17-9-29(10-18-37)45(30-11-19-38(50)20-12-30)47-41-25-33-5-1-2-6-34(33)26-42(41)48(44-28-36-8-4-3-7-35(36)27-43(44)47)46(31-13-21-39(51)22-14-31)32-15-23-40(52)24-16-32/h1-28,41-42,49-52H. The number of fused-ring (bicyclic) bond motifs is 4. The Morgan fingerprint density at radius 1 is 0.346 bits per heavy atom. The van der Waals surface area contributed by atoms with E-state index in [1.54, 1.807) is 48.5 Å². The molecule has 0 radical (unpaired) electrons. The van der Waals surface area contributed by atoms with E-state index in [2.05, 4.69) is 72.8 Å². The minimum Gasteiger partial charge on any atom is -0.508 e. The van der Waals surface area contributed by atoms with E-state index in [4.69, 9.17) is 0 Å². The highest BCUT2D eigenvalue weighted by atomic mass is 16.3. The van der Waals surface area contributed by atoms with Gasteiger partial charge < -0.3 is 20.4 Å². The zero-order chi connectivity index (χ0) is 35.3. The fourth-order valence-corrected chi connectivity index (χ4v) is 8.05. The van der Waals surface area contributed by atoms with Crippen LogP contribution >= 0.6 is 0 Å². The van der Waals surface area contributed by atoms with Crippen molar-refractivity contribution in [1.82, 2.24) is 0 Å². The quantitative estimate of drug-likeness (QED) is 0.150. The van der Waals surface area contributed by atoms with Gasteiger partial charge in [0.2, 0.25) is 0 Å². The van der Waals surface area contributed by atoms with E-state index in [0.29, 0.717) is 0 Å². The second kappa shape index (κ2) is 12.5. The van der Waals surface area contributed by atoms with Gasteiger partial charge in [0.1, 0.15) is 23.0 Å². The maximum atomic E-state index is 10.4. The monoisotopic (exact) mass is 674 g/mol. The molecule has 2 unspecified atom stereocenters. The molecule has 0 spiro atoms. The molecule has 4 nitrogen and oxygen atoms in total. The van der Waals surface area contributed by atoms with Crippen molar-refractivity contribution >= 4 is 45.2 Å². The first-order valence-electron chi connectivity index (χ1n) is 17.4. The van der Waals surface area contributed by atoms with E-state index < -0.39 is 0 Å². The minimum atomic E-state index is -0.125. The van der Waals surface area contributed by atoms with Gasteiger partial charge in [-0.15, -0.1) is 0 Å². The van der Waals surface area contributed by atoms with Crippen LogP contribution in [0.15, 0.2) is 158 Å². The lowest BCUT2D eigenvalue weighted by molar-refractivity contribution is 0.474. The van der Waals surface area contributed by atoms with Gasteiger partial charge in [-0.2, -0.15) is 0 Å². The smallest absolute Gasteiger partial charge is 0.115 e. The molecule has 7 aromatic rings. The summed E-state index contributed by atoms with van der Waals surface area (Å²) >= 11 is 0. The third kappa shape index (κ3) is 5.42. The van der Waals surface area contributed by atoms with Gasteiger partial charge in [-0.25, -0.2) is 0 Å². The van der Waals surface area contributed by atoms with Crippen molar-refractivity contribution in [3.63, 3.8) is 0 Å². The highest BCUT2D eigenvalue weighted by Gasteiger charge is 2.39. The molecule has 4 heteroatoms. The molecule has 0 fully saturated rings. The lowest BCUT2D eigenvalue weighted by atomic mass is 9.63. The summed E-state index contributed by atoms with van der Waals surface area (Å²) in [7, 11) is 0. The molecule has 0 amide bonds. The van der Waals surface area contributed by atoms with Crippen molar-refractivity contribution in [3.05, 3.63) is 202 Å². The van der Waals surface area contributed by atoms with Crippen molar-refractivity contribution in [2.24, 2.45) is 11.8 Å². The van der Waals surface area contributed by atoms with Crippen molar-refractivity contribution < 1.29 is 20.4 Å². The lowest BCUT2D eigenvalue weighted by Gasteiger charge is -2.40. The van der Waals surface area contributed by atoms with Gasteiger partial charge in [-0.3, -0.25) is 0 Å². The van der Waals surface area contributed by atoms with Crippen LogP contribution in [0.3, 0.4) is 0 Å². The summed E-state index contributed by atoms with van der Waals surface area (Å²) in [4.78, 5) is 0. The average Bonchev–Trinajstić information content (AvgIpc) is 3.17. The molecule has 0 saturated heterocycles. The van der Waals surface area contributed by atoms with Crippen LogP contribution in [0, 0.1) is 11.8 Å². The van der Waals surface area contributed by atoms with E-state index in [9.17, 15) is 20.4 Å². The van der Waals surface area contributed by atoms with Crippen LogP contribution in [0.4, 0.5) is 0 Å². The lowest BCUT2D eigenvalue weighted by Crippen LogP contribution is -2.36. The molecule has 0 saturated carbocycles. The first-order chi connectivity index (χ1) is 25.4. The zero-order valence-electron chi connectivity index (χ0n) is 28.1. The Morgan fingerprint density at radius 2 is 0.635 bits per heavy atom. The molecule has 7 aromatic carbocycles. The van der Waals surface area contributed by atoms with Gasteiger partial charge in [0.15, 0.2) is 0 Å². The third-order valence-electron chi connectivity index (χ3n) is 10.4. The van der Waals surface area contributed by atoms with Gasteiger partial charge in [-0.1, -0.05) is 109 Å². The molecule has 4 N–H and O–H groups in total.